The summed E-state index contributed by atoms with van der Waals surface area (Å²) in [4.78, 5) is 0. The Hall–Kier alpha value is -1.26. The predicted molar refractivity (Wildman–Crippen MR) is 70.3 cm³/mol. The van der Waals surface area contributed by atoms with E-state index in [1.54, 1.807) is 0 Å². The molecule has 1 N–H and O–H groups in total. The molecule has 2 rings (SSSR count). The predicted octanol–water partition coefficient (Wildman–Crippen LogP) is 2.14. The lowest BCUT2D eigenvalue weighted by Gasteiger charge is -2.23. The highest BCUT2D eigenvalue weighted by Crippen LogP contribution is 2.33. The first kappa shape index (κ1) is 13.2. The summed E-state index contributed by atoms with van der Waals surface area (Å²) in [5, 5.41) is 3.15. The number of nitrogens with one attached hydrogen (secondary N) is 1. The lowest BCUT2D eigenvalue weighted by atomic mass is 10.1. The standard InChI is InChI=1S/C14H21NO3/c1-10(2)18-14(9-15-3)11-4-5-12-13(8-11)17-7-6-16-12/h4-5,8,10,14-15H,6-7,9H2,1-3H3/t14-/m1/s1. The van der Waals surface area contributed by atoms with E-state index in [1.165, 1.54) is 0 Å². The van der Waals surface area contributed by atoms with Gasteiger partial charge in [0.1, 0.15) is 13.2 Å². The van der Waals surface area contributed by atoms with Crippen molar-refractivity contribution in [3.05, 3.63) is 23.8 Å². The Balaban J connectivity index is 2.18. The van der Waals surface area contributed by atoms with Crippen LogP contribution in [0.2, 0.25) is 0 Å². The molecular weight excluding hydrogens is 230 g/mol. The average Bonchev–Trinajstić information content (AvgIpc) is 2.37. The number of hydrogen-bond donors (Lipinski definition) is 1. The zero-order valence-electron chi connectivity index (χ0n) is 11.2. The third-order valence-electron chi connectivity index (χ3n) is 2.76. The van der Waals surface area contributed by atoms with Crippen LogP contribution in [0.5, 0.6) is 11.5 Å². The summed E-state index contributed by atoms with van der Waals surface area (Å²) in [5.74, 6) is 1.63. The normalized spacial score (nSPS) is 15.8. The van der Waals surface area contributed by atoms with Crippen molar-refractivity contribution in [2.75, 3.05) is 26.8 Å². The van der Waals surface area contributed by atoms with E-state index in [2.05, 4.69) is 5.32 Å². The molecule has 0 aliphatic carbocycles. The molecule has 0 radical (unpaired) electrons. The molecule has 0 saturated carbocycles. The van der Waals surface area contributed by atoms with Crippen LogP contribution in [-0.4, -0.2) is 32.9 Å². The molecule has 0 fully saturated rings. The van der Waals surface area contributed by atoms with E-state index in [-0.39, 0.29) is 12.2 Å². The molecule has 1 aromatic rings. The van der Waals surface area contributed by atoms with Crippen molar-refractivity contribution >= 4 is 0 Å². The largest absolute Gasteiger partial charge is 0.486 e. The number of hydrogen-bond acceptors (Lipinski definition) is 4. The minimum Gasteiger partial charge on any atom is -0.486 e. The number of rotatable bonds is 5. The molecule has 0 bridgehead atoms. The summed E-state index contributed by atoms with van der Waals surface area (Å²) in [6, 6.07) is 6.01. The molecule has 0 aromatic heterocycles. The fraction of sp³-hybridized carbons (Fsp3) is 0.571. The Bertz CT molecular complexity index is 393. The lowest BCUT2D eigenvalue weighted by molar-refractivity contribution is 0.00788. The third-order valence-corrected chi connectivity index (χ3v) is 2.76. The summed E-state index contributed by atoms with van der Waals surface area (Å²) < 4.78 is 17.0. The molecule has 1 heterocycles. The van der Waals surface area contributed by atoms with Crippen LogP contribution >= 0.6 is 0 Å². The topological polar surface area (TPSA) is 39.7 Å². The van der Waals surface area contributed by atoms with Gasteiger partial charge in [-0.2, -0.15) is 0 Å². The van der Waals surface area contributed by atoms with E-state index in [4.69, 9.17) is 14.2 Å². The highest BCUT2D eigenvalue weighted by molar-refractivity contribution is 5.44. The molecule has 18 heavy (non-hydrogen) atoms. The lowest BCUT2D eigenvalue weighted by Crippen LogP contribution is -2.23. The summed E-state index contributed by atoms with van der Waals surface area (Å²) in [5.41, 5.74) is 1.11. The SMILES string of the molecule is CNC[C@@H](OC(C)C)c1ccc2c(c1)OCCO2. The van der Waals surface area contributed by atoms with Crippen molar-refractivity contribution in [3.63, 3.8) is 0 Å². The van der Waals surface area contributed by atoms with Gasteiger partial charge in [0.15, 0.2) is 11.5 Å². The summed E-state index contributed by atoms with van der Waals surface area (Å²) in [6.07, 6.45) is 0.224. The minimum absolute atomic E-state index is 0.0332. The zero-order chi connectivity index (χ0) is 13.0. The highest BCUT2D eigenvalue weighted by atomic mass is 16.6. The molecule has 1 aliphatic rings. The van der Waals surface area contributed by atoms with Gasteiger partial charge in [0.2, 0.25) is 0 Å². The van der Waals surface area contributed by atoms with Gasteiger partial charge in [-0.05, 0) is 38.6 Å². The molecular formula is C14H21NO3. The Morgan fingerprint density at radius 3 is 2.61 bits per heavy atom. The molecule has 0 unspecified atom stereocenters. The Morgan fingerprint density at radius 2 is 1.94 bits per heavy atom. The van der Waals surface area contributed by atoms with Gasteiger partial charge in [0.05, 0.1) is 12.2 Å². The van der Waals surface area contributed by atoms with Gasteiger partial charge in [0.25, 0.3) is 0 Å². The van der Waals surface area contributed by atoms with Crippen LogP contribution in [0.3, 0.4) is 0 Å². The maximum absolute atomic E-state index is 5.91. The van der Waals surface area contributed by atoms with Crippen LogP contribution in [-0.2, 0) is 4.74 Å². The molecule has 4 heteroatoms. The number of likely N-dealkylation sites (N-methyl/N-ethyl adjacent to an activating group) is 1. The smallest absolute Gasteiger partial charge is 0.161 e. The van der Waals surface area contributed by atoms with Gasteiger partial charge in [-0.3, -0.25) is 0 Å². The van der Waals surface area contributed by atoms with Crippen LogP contribution < -0.4 is 14.8 Å². The monoisotopic (exact) mass is 251 g/mol. The summed E-state index contributed by atoms with van der Waals surface area (Å²) in [7, 11) is 1.93. The van der Waals surface area contributed by atoms with E-state index < -0.39 is 0 Å². The molecule has 4 nitrogen and oxygen atoms in total. The van der Waals surface area contributed by atoms with Gasteiger partial charge < -0.3 is 19.5 Å². The Labute approximate surface area is 108 Å². The van der Waals surface area contributed by atoms with Crippen molar-refractivity contribution in [2.24, 2.45) is 0 Å². The first-order chi connectivity index (χ1) is 8.70. The van der Waals surface area contributed by atoms with Gasteiger partial charge in [-0.25, -0.2) is 0 Å². The molecule has 1 aliphatic heterocycles. The first-order valence-electron chi connectivity index (χ1n) is 6.40. The highest BCUT2D eigenvalue weighted by Gasteiger charge is 2.17. The van der Waals surface area contributed by atoms with E-state index in [0.29, 0.717) is 13.2 Å². The van der Waals surface area contributed by atoms with Gasteiger partial charge >= 0.3 is 0 Å². The fourth-order valence-electron chi connectivity index (χ4n) is 2.02. The van der Waals surface area contributed by atoms with Crippen molar-refractivity contribution in [1.29, 1.82) is 0 Å². The van der Waals surface area contributed by atoms with E-state index >= 15 is 0 Å². The second kappa shape index (κ2) is 6.07. The molecule has 0 saturated heterocycles. The molecule has 100 valence electrons. The first-order valence-corrected chi connectivity index (χ1v) is 6.40. The second-order valence-electron chi connectivity index (χ2n) is 4.63. The molecule has 0 spiro atoms. The number of ether oxygens (including phenoxy) is 3. The van der Waals surface area contributed by atoms with E-state index in [9.17, 15) is 0 Å². The Kier molecular flexibility index (Phi) is 4.44. The molecule has 0 amide bonds. The average molecular weight is 251 g/mol. The summed E-state index contributed by atoms with van der Waals surface area (Å²) in [6.45, 7) is 6.09. The van der Waals surface area contributed by atoms with Crippen molar-refractivity contribution in [2.45, 2.75) is 26.1 Å². The quantitative estimate of drug-likeness (QED) is 0.870. The van der Waals surface area contributed by atoms with Crippen molar-refractivity contribution in [3.8, 4) is 11.5 Å². The van der Waals surface area contributed by atoms with E-state index in [1.807, 2.05) is 39.1 Å². The van der Waals surface area contributed by atoms with Gasteiger partial charge in [-0.1, -0.05) is 6.07 Å². The van der Waals surface area contributed by atoms with Crippen LogP contribution in [0.1, 0.15) is 25.5 Å². The van der Waals surface area contributed by atoms with Crippen LogP contribution in [0, 0.1) is 0 Å². The van der Waals surface area contributed by atoms with Gasteiger partial charge in [0, 0.05) is 6.54 Å². The number of benzene rings is 1. The maximum Gasteiger partial charge on any atom is 0.161 e. The fourth-order valence-corrected chi connectivity index (χ4v) is 2.02. The minimum atomic E-state index is 0.0332. The van der Waals surface area contributed by atoms with Gasteiger partial charge in [-0.15, -0.1) is 0 Å². The molecule has 1 atom stereocenters. The third kappa shape index (κ3) is 3.15. The molecule has 1 aromatic carbocycles. The van der Waals surface area contributed by atoms with Crippen LogP contribution in [0.25, 0.3) is 0 Å². The van der Waals surface area contributed by atoms with Crippen molar-refractivity contribution < 1.29 is 14.2 Å². The number of fused-ring (bicyclic) bond motifs is 1. The second-order valence-corrected chi connectivity index (χ2v) is 4.63. The van der Waals surface area contributed by atoms with E-state index in [0.717, 1.165) is 23.6 Å². The summed E-state index contributed by atoms with van der Waals surface area (Å²) >= 11 is 0. The van der Waals surface area contributed by atoms with Crippen molar-refractivity contribution in [1.82, 2.24) is 5.32 Å². The van der Waals surface area contributed by atoms with Crippen LogP contribution in [0.4, 0.5) is 0 Å². The zero-order valence-corrected chi connectivity index (χ0v) is 11.2. The maximum atomic E-state index is 5.91. The van der Waals surface area contributed by atoms with Crippen LogP contribution in [0.15, 0.2) is 18.2 Å². The Morgan fingerprint density at radius 1 is 1.22 bits per heavy atom.